The van der Waals surface area contributed by atoms with Crippen LogP contribution in [0.1, 0.15) is 6.42 Å². The summed E-state index contributed by atoms with van der Waals surface area (Å²) < 4.78 is 12.6. The molecule has 0 radical (unpaired) electrons. The zero-order chi connectivity index (χ0) is 6.85. The highest BCUT2D eigenvalue weighted by Crippen LogP contribution is 2.17. The lowest BCUT2D eigenvalue weighted by atomic mass is 10.2. The zero-order valence-corrected chi connectivity index (χ0v) is 5.55. The molecular weight excluding hydrogens is 121 g/mol. The Bertz CT molecular complexity index is 89.1. The molecule has 3 heteroatoms. The molecule has 1 heterocycles. The minimum absolute atomic E-state index is 0.0579. The van der Waals surface area contributed by atoms with Crippen molar-refractivity contribution in [3.8, 4) is 0 Å². The van der Waals surface area contributed by atoms with Gasteiger partial charge in [0, 0.05) is 6.54 Å². The van der Waals surface area contributed by atoms with Crippen LogP contribution in [0.25, 0.3) is 0 Å². The normalized spacial score (nSPS) is 37.7. The maximum Gasteiger partial charge on any atom is 0.119 e. The van der Waals surface area contributed by atoms with E-state index in [4.69, 9.17) is 5.11 Å². The van der Waals surface area contributed by atoms with Crippen molar-refractivity contribution in [3.05, 3.63) is 0 Å². The Morgan fingerprint density at radius 3 is 2.67 bits per heavy atom. The van der Waals surface area contributed by atoms with Gasteiger partial charge in [-0.15, -0.1) is 0 Å². The van der Waals surface area contributed by atoms with E-state index in [2.05, 4.69) is 0 Å². The fourth-order valence-corrected chi connectivity index (χ4v) is 1.22. The average molecular weight is 133 g/mol. The molecule has 1 aliphatic rings. The van der Waals surface area contributed by atoms with Gasteiger partial charge in [0.2, 0.25) is 0 Å². The Hall–Kier alpha value is -0.150. The summed E-state index contributed by atoms with van der Waals surface area (Å²) in [4.78, 5) is 1.85. The predicted octanol–water partition coefficient (Wildman–Crippen LogP) is 0.0209. The quantitative estimate of drug-likeness (QED) is 0.545. The van der Waals surface area contributed by atoms with Gasteiger partial charge in [-0.05, 0) is 13.5 Å². The lowest BCUT2D eigenvalue weighted by Gasteiger charge is -2.17. The molecule has 54 valence electrons. The van der Waals surface area contributed by atoms with Crippen LogP contribution >= 0.6 is 0 Å². The molecule has 1 aliphatic heterocycles. The molecule has 0 aromatic rings. The van der Waals surface area contributed by atoms with Crippen LogP contribution in [-0.4, -0.2) is 42.4 Å². The van der Waals surface area contributed by atoms with Crippen LogP contribution in [-0.2, 0) is 0 Å². The third-order valence-electron chi connectivity index (χ3n) is 1.93. The van der Waals surface area contributed by atoms with Crippen molar-refractivity contribution in [2.24, 2.45) is 0 Å². The summed E-state index contributed by atoms with van der Waals surface area (Å²) in [5.41, 5.74) is 0. The van der Waals surface area contributed by atoms with Crippen LogP contribution in [0.4, 0.5) is 4.39 Å². The highest BCUT2D eigenvalue weighted by atomic mass is 19.1. The van der Waals surface area contributed by atoms with Gasteiger partial charge in [0.1, 0.15) is 6.17 Å². The summed E-state index contributed by atoms with van der Waals surface area (Å²) in [7, 11) is 1.83. The lowest BCUT2D eigenvalue weighted by molar-refractivity contribution is 0.135. The van der Waals surface area contributed by atoms with Crippen LogP contribution in [0.5, 0.6) is 0 Å². The van der Waals surface area contributed by atoms with Gasteiger partial charge in [-0.25, -0.2) is 4.39 Å². The van der Waals surface area contributed by atoms with E-state index in [1.807, 2.05) is 11.9 Å². The molecule has 0 bridgehead atoms. The molecule has 0 spiro atoms. The summed E-state index contributed by atoms with van der Waals surface area (Å²) in [6.07, 6.45) is -0.248. The number of likely N-dealkylation sites (tertiary alicyclic amines) is 1. The predicted molar refractivity (Wildman–Crippen MR) is 33.0 cm³/mol. The molecule has 0 aliphatic carbocycles. The molecule has 2 atom stereocenters. The zero-order valence-electron chi connectivity index (χ0n) is 5.55. The lowest BCUT2D eigenvalue weighted by Crippen LogP contribution is -2.33. The largest absolute Gasteiger partial charge is 0.395 e. The van der Waals surface area contributed by atoms with E-state index in [0.29, 0.717) is 6.42 Å². The SMILES string of the molecule is CN1CCC(F)[C@H]1CO. The van der Waals surface area contributed by atoms with Crippen LogP contribution in [0, 0.1) is 0 Å². The first kappa shape index (κ1) is 6.96. The van der Waals surface area contributed by atoms with Crippen molar-refractivity contribution < 1.29 is 9.50 Å². The molecule has 0 amide bonds. The smallest absolute Gasteiger partial charge is 0.119 e. The summed E-state index contributed by atoms with van der Waals surface area (Å²) in [6, 6.07) is -0.245. The molecule has 0 saturated carbocycles. The topological polar surface area (TPSA) is 23.5 Å². The van der Waals surface area contributed by atoms with Gasteiger partial charge in [0.25, 0.3) is 0 Å². The van der Waals surface area contributed by atoms with Gasteiger partial charge in [-0.3, -0.25) is 4.90 Å². The van der Waals surface area contributed by atoms with Gasteiger partial charge < -0.3 is 5.11 Å². The minimum atomic E-state index is -0.819. The van der Waals surface area contributed by atoms with Gasteiger partial charge in [0.05, 0.1) is 12.6 Å². The second-order valence-electron chi connectivity index (χ2n) is 2.54. The third kappa shape index (κ3) is 1.22. The van der Waals surface area contributed by atoms with Crippen LogP contribution in [0.15, 0.2) is 0 Å². The molecule has 9 heavy (non-hydrogen) atoms. The Morgan fingerprint density at radius 1 is 1.78 bits per heavy atom. The van der Waals surface area contributed by atoms with E-state index in [1.54, 1.807) is 0 Å². The van der Waals surface area contributed by atoms with Crippen molar-refractivity contribution in [2.45, 2.75) is 18.6 Å². The number of aliphatic hydroxyl groups is 1. The second-order valence-corrected chi connectivity index (χ2v) is 2.54. The number of likely N-dealkylation sites (N-methyl/N-ethyl adjacent to an activating group) is 1. The number of alkyl halides is 1. The van der Waals surface area contributed by atoms with Crippen LogP contribution in [0.3, 0.4) is 0 Å². The summed E-state index contributed by atoms with van der Waals surface area (Å²) in [6.45, 7) is 0.712. The first-order valence-corrected chi connectivity index (χ1v) is 3.21. The van der Waals surface area contributed by atoms with Crippen LogP contribution in [0.2, 0.25) is 0 Å². The molecular formula is C6H12FNO. The Kier molecular flexibility index (Phi) is 2.03. The molecule has 1 N–H and O–H groups in total. The highest BCUT2D eigenvalue weighted by Gasteiger charge is 2.30. The third-order valence-corrected chi connectivity index (χ3v) is 1.93. The molecule has 1 fully saturated rings. The Morgan fingerprint density at radius 2 is 2.44 bits per heavy atom. The standard InChI is InChI=1S/C6H12FNO/c1-8-3-2-5(7)6(8)4-9/h5-6,9H,2-4H2,1H3/t5?,6-/m1/s1. The van der Waals surface area contributed by atoms with E-state index in [0.717, 1.165) is 6.54 Å². The molecule has 1 rings (SSSR count). The Balaban J connectivity index is 2.44. The number of hydrogen-bond donors (Lipinski definition) is 1. The van der Waals surface area contributed by atoms with E-state index >= 15 is 0 Å². The first-order chi connectivity index (χ1) is 4.25. The highest BCUT2D eigenvalue weighted by molar-refractivity contribution is 4.84. The summed E-state index contributed by atoms with van der Waals surface area (Å²) in [5, 5.41) is 8.63. The Labute approximate surface area is 54.3 Å². The molecule has 0 aromatic carbocycles. The second kappa shape index (κ2) is 2.62. The molecule has 1 saturated heterocycles. The van der Waals surface area contributed by atoms with Gasteiger partial charge in [-0.1, -0.05) is 0 Å². The molecule has 1 unspecified atom stereocenters. The molecule has 0 aromatic heterocycles. The van der Waals surface area contributed by atoms with Crippen molar-refractivity contribution >= 4 is 0 Å². The molecule has 2 nitrogen and oxygen atoms in total. The van der Waals surface area contributed by atoms with Crippen molar-refractivity contribution in [1.29, 1.82) is 0 Å². The van der Waals surface area contributed by atoms with Gasteiger partial charge >= 0.3 is 0 Å². The van der Waals surface area contributed by atoms with E-state index in [9.17, 15) is 4.39 Å². The summed E-state index contributed by atoms with van der Waals surface area (Å²) in [5.74, 6) is 0. The van der Waals surface area contributed by atoms with Crippen molar-refractivity contribution in [3.63, 3.8) is 0 Å². The van der Waals surface area contributed by atoms with E-state index in [1.165, 1.54) is 0 Å². The van der Waals surface area contributed by atoms with Crippen molar-refractivity contribution in [1.82, 2.24) is 4.90 Å². The fourth-order valence-electron chi connectivity index (χ4n) is 1.22. The van der Waals surface area contributed by atoms with E-state index in [-0.39, 0.29) is 12.6 Å². The average Bonchev–Trinajstić information content (AvgIpc) is 2.12. The van der Waals surface area contributed by atoms with Crippen LogP contribution < -0.4 is 0 Å². The summed E-state index contributed by atoms with van der Waals surface area (Å²) >= 11 is 0. The number of nitrogens with zero attached hydrogens (tertiary/aromatic N) is 1. The number of halogens is 1. The number of aliphatic hydroxyl groups excluding tert-OH is 1. The number of rotatable bonds is 1. The van der Waals surface area contributed by atoms with Gasteiger partial charge in [0.15, 0.2) is 0 Å². The maximum absolute atomic E-state index is 12.6. The first-order valence-electron chi connectivity index (χ1n) is 3.21. The van der Waals surface area contributed by atoms with Gasteiger partial charge in [-0.2, -0.15) is 0 Å². The van der Waals surface area contributed by atoms with E-state index < -0.39 is 6.17 Å². The number of hydrogen-bond acceptors (Lipinski definition) is 2. The fraction of sp³-hybridized carbons (Fsp3) is 1.00. The maximum atomic E-state index is 12.6. The van der Waals surface area contributed by atoms with Crippen molar-refractivity contribution in [2.75, 3.05) is 20.2 Å². The minimum Gasteiger partial charge on any atom is -0.395 e. The monoisotopic (exact) mass is 133 g/mol.